The predicted octanol–water partition coefficient (Wildman–Crippen LogP) is 4.10. The highest BCUT2D eigenvalue weighted by atomic mass is 16.6. The molecule has 0 saturated heterocycles. The van der Waals surface area contributed by atoms with E-state index in [2.05, 4.69) is 41.8 Å². The van der Waals surface area contributed by atoms with Crippen LogP contribution in [-0.4, -0.2) is 30.2 Å². The number of aromatic nitrogens is 1. The SMILES string of the molecule is CCc1cccc(Cn2c3c(c4c(OCC(=O)OC)cccc42)C(C(N)=O)CCCC3)c1. The maximum Gasteiger partial charge on any atom is 0.343 e. The second kappa shape index (κ2) is 9.47. The number of rotatable bonds is 7. The zero-order valence-corrected chi connectivity index (χ0v) is 18.7. The summed E-state index contributed by atoms with van der Waals surface area (Å²) >= 11 is 0. The molecule has 32 heavy (non-hydrogen) atoms. The standard InChI is InChI=1S/C26H30N2O4/c1-3-17-8-6-9-18(14-17)15-28-20-11-5-4-10-19(26(27)30)24(20)25-21(28)12-7-13-22(25)32-16-23(29)31-2/h6-9,12-14,19H,3-5,10-11,15-16H2,1-2H3,(H2,27,30). The summed E-state index contributed by atoms with van der Waals surface area (Å²) in [5.41, 5.74) is 11.5. The Hall–Kier alpha value is -3.28. The van der Waals surface area contributed by atoms with Gasteiger partial charge in [-0.3, -0.25) is 4.79 Å². The largest absolute Gasteiger partial charge is 0.481 e. The Balaban J connectivity index is 1.90. The molecule has 0 spiro atoms. The zero-order valence-electron chi connectivity index (χ0n) is 18.7. The minimum absolute atomic E-state index is 0.185. The van der Waals surface area contributed by atoms with Crippen LogP contribution in [0.15, 0.2) is 42.5 Å². The Morgan fingerprint density at radius 2 is 1.91 bits per heavy atom. The van der Waals surface area contributed by atoms with E-state index >= 15 is 0 Å². The third-order valence-corrected chi connectivity index (χ3v) is 6.36. The van der Waals surface area contributed by atoms with Crippen molar-refractivity contribution in [1.82, 2.24) is 4.57 Å². The number of hydrogen-bond donors (Lipinski definition) is 1. The highest BCUT2D eigenvalue weighted by molar-refractivity contribution is 5.97. The third-order valence-electron chi connectivity index (χ3n) is 6.36. The fraction of sp³-hybridized carbons (Fsp3) is 0.385. The number of benzene rings is 2. The molecule has 4 rings (SSSR count). The number of amides is 1. The summed E-state index contributed by atoms with van der Waals surface area (Å²) in [6.45, 7) is 2.67. The van der Waals surface area contributed by atoms with Crippen molar-refractivity contribution in [1.29, 1.82) is 0 Å². The summed E-state index contributed by atoms with van der Waals surface area (Å²) in [6.07, 6.45) is 4.52. The van der Waals surface area contributed by atoms with E-state index in [0.717, 1.165) is 54.3 Å². The van der Waals surface area contributed by atoms with Crippen LogP contribution in [0.1, 0.15) is 54.5 Å². The van der Waals surface area contributed by atoms with Crippen LogP contribution in [0.3, 0.4) is 0 Å². The second-order valence-electron chi connectivity index (χ2n) is 8.34. The molecule has 0 radical (unpaired) electrons. The number of primary amides is 1. The Bertz CT molecular complexity index is 1150. The first-order valence-corrected chi connectivity index (χ1v) is 11.2. The third kappa shape index (κ3) is 4.22. The summed E-state index contributed by atoms with van der Waals surface area (Å²) in [6, 6.07) is 14.4. The van der Waals surface area contributed by atoms with E-state index in [4.69, 9.17) is 15.2 Å². The highest BCUT2D eigenvalue weighted by Gasteiger charge is 2.31. The van der Waals surface area contributed by atoms with Crippen LogP contribution in [0.2, 0.25) is 0 Å². The lowest BCUT2D eigenvalue weighted by Crippen LogP contribution is -2.21. The molecule has 6 nitrogen and oxygen atoms in total. The lowest BCUT2D eigenvalue weighted by Gasteiger charge is -2.14. The average Bonchev–Trinajstić information content (AvgIpc) is 2.96. The Morgan fingerprint density at radius 1 is 1.12 bits per heavy atom. The van der Waals surface area contributed by atoms with Gasteiger partial charge in [0.1, 0.15) is 5.75 Å². The van der Waals surface area contributed by atoms with E-state index in [0.29, 0.717) is 12.3 Å². The number of methoxy groups -OCH3 is 1. The van der Waals surface area contributed by atoms with Gasteiger partial charge in [0, 0.05) is 17.6 Å². The van der Waals surface area contributed by atoms with Crippen molar-refractivity contribution in [3.63, 3.8) is 0 Å². The van der Waals surface area contributed by atoms with E-state index in [-0.39, 0.29) is 18.4 Å². The highest BCUT2D eigenvalue weighted by Crippen LogP contribution is 2.42. The fourth-order valence-electron chi connectivity index (χ4n) is 4.79. The predicted molar refractivity (Wildman–Crippen MR) is 124 cm³/mol. The summed E-state index contributed by atoms with van der Waals surface area (Å²) in [4.78, 5) is 24.2. The molecule has 0 saturated carbocycles. The first-order chi connectivity index (χ1) is 15.5. The fourth-order valence-corrected chi connectivity index (χ4v) is 4.79. The Kier molecular flexibility index (Phi) is 6.49. The van der Waals surface area contributed by atoms with Crippen LogP contribution < -0.4 is 10.5 Å². The number of aryl methyl sites for hydroxylation is 1. The molecule has 168 valence electrons. The normalized spacial score (nSPS) is 15.8. The van der Waals surface area contributed by atoms with Crippen molar-refractivity contribution >= 4 is 22.8 Å². The monoisotopic (exact) mass is 434 g/mol. The van der Waals surface area contributed by atoms with Gasteiger partial charge in [-0.2, -0.15) is 0 Å². The summed E-state index contributed by atoms with van der Waals surface area (Å²) < 4.78 is 12.9. The van der Waals surface area contributed by atoms with Crippen molar-refractivity contribution in [2.24, 2.45) is 5.73 Å². The van der Waals surface area contributed by atoms with Crippen LogP contribution in [0.25, 0.3) is 10.9 Å². The van der Waals surface area contributed by atoms with Gasteiger partial charge in [0.05, 0.1) is 18.5 Å². The number of hydrogen-bond acceptors (Lipinski definition) is 4. The molecule has 3 aromatic rings. The molecule has 1 aliphatic rings. The van der Waals surface area contributed by atoms with Crippen molar-refractivity contribution in [3.05, 3.63) is 64.8 Å². The molecule has 2 N–H and O–H groups in total. The number of esters is 1. The maximum atomic E-state index is 12.5. The number of nitrogens with two attached hydrogens (primary N) is 1. The molecule has 1 heterocycles. The first kappa shape index (κ1) is 21.9. The van der Waals surface area contributed by atoms with Crippen LogP contribution >= 0.6 is 0 Å². The maximum absolute atomic E-state index is 12.5. The van der Waals surface area contributed by atoms with Crippen LogP contribution in [0.5, 0.6) is 5.75 Å². The van der Waals surface area contributed by atoms with E-state index in [9.17, 15) is 9.59 Å². The van der Waals surface area contributed by atoms with Gasteiger partial charge >= 0.3 is 5.97 Å². The lowest BCUT2D eigenvalue weighted by atomic mass is 9.92. The molecule has 1 aromatic heterocycles. The van der Waals surface area contributed by atoms with E-state index in [1.54, 1.807) is 0 Å². The molecule has 2 aromatic carbocycles. The van der Waals surface area contributed by atoms with Crippen molar-refractivity contribution in [3.8, 4) is 5.75 Å². The van der Waals surface area contributed by atoms with Crippen LogP contribution in [-0.2, 0) is 33.7 Å². The Labute approximate surface area is 188 Å². The van der Waals surface area contributed by atoms with Crippen LogP contribution in [0, 0.1) is 0 Å². The van der Waals surface area contributed by atoms with Gasteiger partial charge in [0.25, 0.3) is 0 Å². The van der Waals surface area contributed by atoms with Gasteiger partial charge in [0.2, 0.25) is 5.91 Å². The molecular weight excluding hydrogens is 404 g/mol. The zero-order chi connectivity index (χ0) is 22.7. The molecule has 1 amide bonds. The van der Waals surface area contributed by atoms with Crippen molar-refractivity contribution in [2.75, 3.05) is 13.7 Å². The average molecular weight is 435 g/mol. The van der Waals surface area contributed by atoms with Crippen LogP contribution in [0.4, 0.5) is 0 Å². The lowest BCUT2D eigenvalue weighted by molar-refractivity contribution is -0.142. The molecule has 1 atom stereocenters. The van der Waals surface area contributed by atoms with Gasteiger partial charge in [-0.25, -0.2) is 4.79 Å². The number of carbonyl (C=O) groups excluding carboxylic acids is 2. The van der Waals surface area contributed by atoms with Gasteiger partial charge in [-0.05, 0) is 54.5 Å². The topological polar surface area (TPSA) is 83.6 Å². The van der Waals surface area contributed by atoms with E-state index in [1.165, 1.54) is 18.2 Å². The van der Waals surface area contributed by atoms with Crippen molar-refractivity contribution in [2.45, 2.75) is 51.5 Å². The molecule has 0 bridgehead atoms. The van der Waals surface area contributed by atoms with E-state index in [1.807, 2.05) is 12.1 Å². The first-order valence-electron chi connectivity index (χ1n) is 11.2. The minimum Gasteiger partial charge on any atom is -0.481 e. The van der Waals surface area contributed by atoms with E-state index < -0.39 is 5.97 Å². The van der Waals surface area contributed by atoms with Gasteiger partial charge in [-0.1, -0.05) is 43.7 Å². The minimum atomic E-state index is -0.449. The quantitative estimate of drug-likeness (QED) is 0.448. The molecule has 1 aliphatic carbocycles. The molecule has 1 unspecified atom stereocenters. The number of ether oxygens (including phenoxy) is 2. The molecular formula is C26H30N2O4. The summed E-state index contributed by atoms with van der Waals surface area (Å²) in [7, 11) is 1.34. The van der Waals surface area contributed by atoms with Crippen molar-refractivity contribution < 1.29 is 19.1 Å². The van der Waals surface area contributed by atoms with Gasteiger partial charge in [-0.15, -0.1) is 0 Å². The molecule has 6 heteroatoms. The Morgan fingerprint density at radius 3 is 2.66 bits per heavy atom. The number of nitrogens with zero attached hydrogens (tertiary/aromatic N) is 1. The summed E-state index contributed by atoms with van der Waals surface area (Å²) in [5.74, 6) is -0.558. The molecule has 0 fully saturated rings. The number of carbonyl (C=O) groups is 2. The summed E-state index contributed by atoms with van der Waals surface area (Å²) in [5, 5.41) is 0.878. The number of fused-ring (bicyclic) bond motifs is 3. The molecule has 0 aliphatic heterocycles. The van der Waals surface area contributed by atoms with Gasteiger partial charge in [0.15, 0.2) is 6.61 Å². The smallest absolute Gasteiger partial charge is 0.343 e. The van der Waals surface area contributed by atoms with Gasteiger partial charge < -0.3 is 19.8 Å². The second-order valence-corrected chi connectivity index (χ2v) is 8.34.